The predicted octanol–water partition coefficient (Wildman–Crippen LogP) is 0.633. The fraction of sp³-hybridized carbons (Fsp3) is 0.917. The van der Waals surface area contributed by atoms with Crippen molar-refractivity contribution < 1.29 is 4.79 Å². The van der Waals surface area contributed by atoms with E-state index >= 15 is 0 Å². The Morgan fingerprint density at radius 2 is 2.19 bits per heavy atom. The second-order valence-electron chi connectivity index (χ2n) is 5.63. The molecule has 3 N–H and O–H groups in total. The molecule has 1 atom stereocenters. The van der Waals surface area contributed by atoms with Crippen molar-refractivity contribution in [1.29, 1.82) is 0 Å². The number of hydrogen-bond acceptors (Lipinski definition) is 3. The van der Waals surface area contributed by atoms with Crippen molar-refractivity contribution in [3.63, 3.8) is 0 Å². The van der Waals surface area contributed by atoms with Crippen molar-refractivity contribution in [2.45, 2.75) is 51.6 Å². The standard InChI is InChI=1S/C12H25N3O/c1-5-11(2,3)15-10(16)8-14-12(4)6-7-13-9-12/h13-14H,5-9H2,1-4H3,(H,15,16). The number of carbonyl (C=O) groups is 1. The number of hydrogen-bond donors (Lipinski definition) is 3. The monoisotopic (exact) mass is 227 g/mol. The van der Waals surface area contributed by atoms with E-state index in [1.165, 1.54) is 0 Å². The molecule has 0 bridgehead atoms. The Hall–Kier alpha value is -0.610. The van der Waals surface area contributed by atoms with Gasteiger partial charge in [0, 0.05) is 17.6 Å². The number of rotatable bonds is 5. The lowest BCUT2D eigenvalue weighted by molar-refractivity contribution is -0.122. The Kier molecular flexibility index (Phi) is 4.33. The van der Waals surface area contributed by atoms with Crippen LogP contribution in [0, 0.1) is 0 Å². The van der Waals surface area contributed by atoms with Crippen LogP contribution in [0.2, 0.25) is 0 Å². The van der Waals surface area contributed by atoms with Gasteiger partial charge in [0.05, 0.1) is 6.54 Å². The summed E-state index contributed by atoms with van der Waals surface area (Å²) in [4.78, 5) is 11.7. The molecule has 1 unspecified atom stereocenters. The smallest absolute Gasteiger partial charge is 0.234 e. The third-order valence-corrected chi connectivity index (χ3v) is 3.41. The minimum Gasteiger partial charge on any atom is -0.350 e. The first-order chi connectivity index (χ1) is 7.37. The summed E-state index contributed by atoms with van der Waals surface area (Å²) in [6, 6.07) is 0. The zero-order chi connectivity index (χ0) is 12.2. The van der Waals surface area contributed by atoms with Gasteiger partial charge >= 0.3 is 0 Å². The molecule has 0 saturated carbocycles. The van der Waals surface area contributed by atoms with Gasteiger partial charge in [0.1, 0.15) is 0 Å². The molecule has 94 valence electrons. The highest BCUT2D eigenvalue weighted by Gasteiger charge is 2.28. The average molecular weight is 227 g/mol. The van der Waals surface area contributed by atoms with E-state index in [4.69, 9.17) is 0 Å². The highest BCUT2D eigenvalue weighted by Crippen LogP contribution is 2.12. The highest BCUT2D eigenvalue weighted by atomic mass is 16.2. The summed E-state index contributed by atoms with van der Waals surface area (Å²) in [5.41, 5.74) is -0.0265. The van der Waals surface area contributed by atoms with Gasteiger partial charge < -0.3 is 16.0 Å². The third-order valence-electron chi connectivity index (χ3n) is 3.41. The minimum atomic E-state index is -0.104. The lowest BCUT2D eigenvalue weighted by Gasteiger charge is -2.28. The molecular weight excluding hydrogens is 202 g/mol. The second kappa shape index (κ2) is 5.15. The van der Waals surface area contributed by atoms with Gasteiger partial charge in [0.2, 0.25) is 5.91 Å². The largest absolute Gasteiger partial charge is 0.350 e. The molecule has 0 aromatic rings. The molecule has 1 heterocycles. The Labute approximate surface area is 98.6 Å². The molecule has 1 fully saturated rings. The van der Waals surface area contributed by atoms with Gasteiger partial charge in [-0.3, -0.25) is 4.79 Å². The Balaban J connectivity index is 2.30. The Bertz CT molecular complexity index is 245. The van der Waals surface area contributed by atoms with Crippen LogP contribution in [0.5, 0.6) is 0 Å². The maximum absolute atomic E-state index is 11.7. The van der Waals surface area contributed by atoms with Crippen molar-refractivity contribution in [2.75, 3.05) is 19.6 Å². The molecule has 0 spiro atoms. The van der Waals surface area contributed by atoms with Crippen molar-refractivity contribution in [1.82, 2.24) is 16.0 Å². The summed E-state index contributed by atoms with van der Waals surface area (Å²) in [6.07, 6.45) is 2.02. The average Bonchev–Trinajstić information content (AvgIpc) is 2.63. The van der Waals surface area contributed by atoms with E-state index in [1.54, 1.807) is 0 Å². The molecule has 4 heteroatoms. The van der Waals surface area contributed by atoms with Crippen LogP contribution in [0.15, 0.2) is 0 Å². The van der Waals surface area contributed by atoms with E-state index in [9.17, 15) is 4.79 Å². The Morgan fingerprint density at radius 3 is 2.69 bits per heavy atom. The lowest BCUT2D eigenvalue weighted by atomic mass is 10.0. The summed E-state index contributed by atoms with van der Waals surface area (Å²) in [7, 11) is 0. The van der Waals surface area contributed by atoms with Gasteiger partial charge in [-0.15, -0.1) is 0 Å². The van der Waals surface area contributed by atoms with Crippen molar-refractivity contribution in [3.05, 3.63) is 0 Å². The van der Waals surface area contributed by atoms with Crippen LogP contribution in [0.25, 0.3) is 0 Å². The molecule has 0 aromatic heterocycles. The van der Waals surface area contributed by atoms with E-state index in [-0.39, 0.29) is 17.0 Å². The molecule has 0 radical (unpaired) electrons. The summed E-state index contributed by atoms with van der Waals surface area (Å²) < 4.78 is 0. The van der Waals surface area contributed by atoms with Gasteiger partial charge in [-0.2, -0.15) is 0 Å². The lowest BCUT2D eigenvalue weighted by Crippen LogP contribution is -2.52. The first-order valence-corrected chi connectivity index (χ1v) is 6.14. The SMILES string of the molecule is CCC(C)(C)NC(=O)CNC1(C)CCNC1. The fourth-order valence-corrected chi connectivity index (χ4v) is 1.77. The summed E-state index contributed by atoms with van der Waals surface area (Å²) in [5, 5.41) is 9.66. The number of carbonyl (C=O) groups excluding carboxylic acids is 1. The summed E-state index contributed by atoms with van der Waals surface area (Å²) in [6.45, 7) is 10.7. The van der Waals surface area contributed by atoms with Crippen LogP contribution in [0.3, 0.4) is 0 Å². The van der Waals surface area contributed by atoms with Crippen molar-refractivity contribution >= 4 is 5.91 Å². The van der Waals surface area contributed by atoms with E-state index < -0.39 is 0 Å². The fourth-order valence-electron chi connectivity index (χ4n) is 1.77. The minimum absolute atomic E-state index is 0.0771. The van der Waals surface area contributed by atoms with Gasteiger partial charge in [0.15, 0.2) is 0 Å². The van der Waals surface area contributed by atoms with E-state index in [0.29, 0.717) is 6.54 Å². The predicted molar refractivity (Wildman–Crippen MR) is 66.4 cm³/mol. The van der Waals surface area contributed by atoms with Crippen LogP contribution >= 0.6 is 0 Å². The number of amides is 1. The van der Waals surface area contributed by atoms with Crippen LogP contribution < -0.4 is 16.0 Å². The molecule has 16 heavy (non-hydrogen) atoms. The highest BCUT2D eigenvalue weighted by molar-refractivity contribution is 5.78. The topological polar surface area (TPSA) is 53.2 Å². The molecule has 4 nitrogen and oxygen atoms in total. The van der Waals surface area contributed by atoms with Crippen molar-refractivity contribution in [3.8, 4) is 0 Å². The molecule has 1 amide bonds. The third kappa shape index (κ3) is 4.10. The molecule has 0 aliphatic carbocycles. The first kappa shape index (κ1) is 13.5. The number of nitrogens with one attached hydrogen (secondary N) is 3. The van der Waals surface area contributed by atoms with Gasteiger partial charge in [-0.25, -0.2) is 0 Å². The molecule has 1 aliphatic rings. The zero-order valence-electron chi connectivity index (χ0n) is 10.9. The van der Waals surface area contributed by atoms with Crippen molar-refractivity contribution in [2.24, 2.45) is 0 Å². The Morgan fingerprint density at radius 1 is 1.50 bits per heavy atom. The van der Waals surface area contributed by atoms with Crippen LogP contribution in [-0.2, 0) is 4.79 Å². The van der Waals surface area contributed by atoms with Gasteiger partial charge in [-0.1, -0.05) is 6.92 Å². The summed E-state index contributed by atoms with van der Waals surface area (Å²) >= 11 is 0. The quantitative estimate of drug-likeness (QED) is 0.646. The van der Waals surface area contributed by atoms with Crippen LogP contribution in [0.4, 0.5) is 0 Å². The normalized spacial score (nSPS) is 25.8. The second-order valence-corrected chi connectivity index (χ2v) is 5.63. The maximum atomic E-state index is 11.7. The van der Waals surface area contributed by atoms with E-state index in [0.717, 1.165) is 25.9 Å². The molecular formula is C12H25N3O. The van der Waals surface area contributed by atoms with Crippen LogP contribution in [0.1, 0.15) is 40.5 Å². The molecule has 1 saturated heterocycles. The zero-order valence-corrected chi connectivity index (χ0v) is 10.9. The first-order valence-electron chi connectivity index (χ1n) is 6.14. The van der Waals surface area contributed by atoms with Gasteiger partial charge in [0.25, 0.3) is 0 Å². The molecule has 1 rings (SSSR count). The molecule has 1 aliphatic heterocycles. The van der Waals surface area contributed by atoms with E-state index in [2.05, 4.69) is 29.8 Å². The van der Waals surface area contributed by atoms with Crippen LogP contribution in [-0.4, -0.2) is 36.6 Å². The van der Waals surface area contributed by atoms with E-state index in [1.807, 2.05) is 13.8 Å². The maximum Gasteiger partial charge on any atom is 0.234 e. The van der Waals surface area contributed by atoms with Gasteiger partial charge in [-0.05, 0) is 40.2 Å². The summed E-state index contributed by atoms with van der Waals surface area (Å²) in [5.74, 6) is 0.0833. The molecule has 0 aromatic carbocycles.